The number of hydrogen-bond donors (Lipinski definition) is 0. The molecule has 0 bridgehead atoms. The highest BCUT2D eigenvalue weighted by molar-refractivity contribution is 7.25. The number of benzene rings is 4. The SMILES string of the molecule is CCCCCCCCCCOc1cc(C(=O)Oc2ccc(-c3ccc(-c4ccc(-c5ccc(OC(=O)c6ccc(OC[C@@H](C)CC)cc6)cc5)s4)s3)cc2)cc(OCCCCCCCCCC)c1OCCCCCCCCCC. The number of rotatable bonds is 41. The predicted octanol–water partition coefficient (Wildman–Crippen LogP) is 21.2. The Hall–Kier alpha value is -5.58. The van der Waals surface area contributed by atoms with Crippen LogP contribution in [0.25, 0.3) is 30.6 Å². The summed E-state index contributed by atoms with van der Waals surface area (Å²) in [6.07, 6.45) is 30.1. The first-order valence-electron chi connectivity index (χ1n) is 30.4. The minimum absolute atomic E-state index is 0.373. The van der Waals surface area contributed by atoms with Crippen LogP contribution in [-0.4, -0.2) is 38.4 Å². The van der Waals surface area contributed by atoms with E-state index in [1.165, 1.54) is 116 Å². The summed E-state index contributed by atoms with van der Waals surface area (Å²) in [4.78, 5) is 31.6. The maximum atomic E-state index is 14.1. The van der Waals surface area contributed by atoms with E-state index in [9.17, 15) is 9.59 Å². The summed E-state index contributed by atoms with van der Waals surface area (Å²) in [6, 6.07) is 34.6. The van der Waals surface area contributed by atoms with Crippen molar-refractivity contribution >= 4 is 34.6 Å². The van der Waals surface area contributed by atoms with Crippen molar-refractivity contribution in [2.45, 2.75) is 195 Å². The molecule has 79 heavy (non-hydrogen) atoms. The third kappa shape index (κ3) is 22.5. The molecule has 0 saturated heterocycles. The highest BCUT2D eigenvalue weighted by Crippen LogP contribution is 2.42. The van der Waals surface area contributed by atoms with E-state index < -0.39 is 11.9 Å². The Labute approximate surface area is 483 Å². The molecule has 0 fully saturated rings. The lowest BCUT2D eigenvalue weighted by Crippen LogP contribution is -2.12. The van der Waals surface area contributed by atoms with Gasteiger partial charge in [-0.1, -0.05) is 176 Å². The number of thiophene rings is 2. The Kier molecular flexibility index (Phi) is 29.0. The van der Waals surface area contributed by atoms with Crippen LogP contribution in [0.3, 0.4) is 0 Å². The minimum Gasteiger partial charge on any atom is -0.493 e. The van der Waals surface area contributed by atoms with Gasteiger partial charge in [-0.25, -0.2) is 9.59 Å². The van der Waals surface area contributed by atoms with Crippen LogP contribution in [-0.2, 0) is 0 Å². The lowest BCUT2D eigenvalue weighted by molar-refractivity contribution is 0.0724. The molecule has 2 heterocycles. The molecule has 8 nitrogen and oxygen atoms in total. The van der Waals surface area contributed by atoms with Crippen molar-refractivity contribution in [3.63, 3.8) is 0 Å². The van der Waals surface area contributed by atoms with Crippen LogP contribution >= 0.6 is 22.7 Å². The van der Waals surface area contributed by atoms with Crippen molar-refractivity contribution in [3.05, 3.63) is 120 Å². The molecule has 2 aromatic heterocycles. The van der Waals surface area contributed by atoms with Gasteiger partial charge in [-0.3, -0.25) is 0 Å². The van der Waals surface area contributed by atoms with Crippen molar-refractivity contribution in [3.8, 4) is 65.1 Å². The molecule has 428 valence electrons. The first kappa shape index (κ1) is 62.6. The molecule has 0 aliphatic rings. The zero-order valence-electron chi connectivity index (χ0n) is 48.6. The second-order valence-electron chi connectivity index (χ2n) is 21.3. The van der Waals surface area contributed by atoms with Gasteiger partial charge in [-0.15, -0.1) is 22.7 Å². The van der Waals surface area contributed by atoms with Gasteiger partial charge in [0, 0.05) is 19.5 Å². The van der Waals surface area contributed by atoms with E-state index in [-0.39, 0.29) is 0 Å². The minimum atomic E-state index is -0.469. The predicted molar refractivity (Wildman–Crippen MR) is 331 cm³/mol. The van der Waals surface area contributed by atoms with Crippen molar-refractivity contribution in [1.82, 2.24) is 0 Å². The van der Waals surface area contributed by atoms with E-state index in [2.05, 4.69) is 58.9 Å². The van der Waals surface area contributed by atoms with Gasteiger partial charge in [-0.2, -0.15) is 0 Å². The Morgan fingerprint density at radius 1 is 0.380 bits per heavy atom. The van der Waals surface area contributed by atoms with Gasteiger partial charge in [0.05, 0.1) is 37.6 Å². The van der Waals surface area contributed by atoms with Crippen LogP contribution in [0.1, 0.15) is 216 Å². The summed E-state index contributed by atoms with van der Waals surface area (Å²) < 4.78 is 37.2. The molecule has 0 aliphatic carbocycles. The Morgan fingerprint density at radius 2 is 0.734 bits per heavy atom. The van der Waals surface area contributed by atoms with Crippen LogP contribution in [0.2, 0.25) is 0 Å². The first-order valence-corrected chi connectivity index (χ1v) is 32.1. The first-order chi connectivity index (χ1) is 38.8. The fourth-order valence-electron chi connectivity index (χ4n) is 9.30. The van der Waals surface area contributed by atoms with Gasteiger partial charge in [0.15, 0.2) is 11.5 Å². The molecule has 0 radical (unpaired) electrons. The standard InChI is InChI=1S/C69H92O8S2/c1-6-10-13-16-19-22-25-28-47-72-61-50-57(51-62(73-48-29-26-23-20-17-14-11-7-2)67(61)74-49-30-27-24-21-18-15-12-8-3)69(71)77-60-41-33-55(34-42-60)64-44-46-66(79-64)65-45-43-63(78-65)54-31-39-59(40-32-54)76-68(70)56-35-37-58(38-36-56)75-52-53(5)9-4/h31-46,50-51,53H,6-30,47-49,52H2,1-5H3/t53-/m0/s1. The van der Waals surface area contributed by atoms with Gasteiger partial charge in [0.2, 0.25) is 5.75 Å². The normalized spacial score (nSPS) is 11.6. The third-order valence-electron chi connectivity index (χ3n) is 14.5. The lowest BCUT2D eigenvalue weighted by atomic mass is 10.1. The van der Waals surface area contributed by atoms with Crippen LogP contribution in [0.5, 0.6) is 34.5 Å². The van der Waals surface area contributed by atoms with Gasteiger partial charge in [0.25, 0.3) is 0 Å². The Bertz CT molecular complexity index is 2570. The quantitative estimate of drug-likeness (QED) is 0.0213. The highest BCUT2D eigenvalue weighted by atomic mass is 32.1. The summed E-state index contributed by atoms with van der Waals surface area (Å²) in [6.45, 7) is 13.4. The number of unbranched alkanes of at least 4 members (excludes halogenated alkanes) is 21. The van der Waals surface area contributed by atoms with Crippen LogP contribution in [0.15, 0.2) is 109 Å². The van der Waals surface area contributed by atoms with Crippen molar-refractivity contribution in [1.29, 1.82) is 0 Å². The number of hydrogen-bond acceptors (Lipinski definition) is 10. The monoisotopic (exact) mass is 1110 g/mol. The van der Waals surface area contributed by atoms with Gasteiger partial charge < -0.3 is 28.4 Å². The zero-order chi connectivity index (χ0) is 55.7. The maximum Gasteiger partial charge on any atom is 0.343 e. The molecule has 1 atom stereocenters. The maximum absolute atomic E-state index is 14.1. The summed E-state index contributed by atoms with van der Waals surface area (Å²) >= 11 is 3.44. The topological polar surface area (TPSA) is 89.5 Å². The number of ether oxygens (including phenoxy) is 6. The van der Waals surface area contributed by atoms with Gasteiger partial charge >= 0.3 is 11.9 Å². The summed E-state index contributed by atoms with van der Waals surface area (Å²) in [5.41, 5.74) is 2.93. The van der Waals surface area contributed by atoms with Crippen molar-refractivity contribution < 1.29 is 38.0 Å². The average Bonchev–Trinajstić information content (AvgIpc) is 4.26. The summed E-state index contributed by atoms with van der Waals surface area (Å²) in [7, 11) is 0. The van der Waals surface area contributed by atoms with Crippen LogP contribution < -0.4 is 28.4 Å². The van der Waals surface area contributed by atoms with E-state index >= 15 is 0 Å². The third-order valence-corrected chi connectivity index (χ3v) is 17.0. The van der Waals surface area contributed by atoms with Crippen molar-refractivity contribution in [2.75, 3.05) is 26.4 Å². The fourth-order valence-corrected chi connectivity index (χ4v) is 11.4. The van der Waals surface area contributed by atoms with Crippen molar-refractivity contribution in [2.24, 2.45) is 5.92 Å². The molecule has 0 amide bonds. The van der Waals surface area contributed by atoms with Crippen LogP contribution in [0, 0.1) is 5.92 Å². The smallest absolute Gasteiger partial charge is 0.343 e. The molecule has 10 heteroatoms. The number of carbonyl (C=O) groups excluding carboxylic acids is 2. The molecule has 0 spiro atoms. The molecule has 0 saturated carbocycles. The largest absolute Gasteiger partial charge is 0.493 e. The average molecular weight is 1110 g/mol. The lowest BCUT2D eigenvalue weighted by Gasteiger charge is -2.19. The number of esters is 2. The molecule has 0 aliphatic heterocycles. The van der Waals surface area contributed by atoms with Gasteiger partial charge in [-0.05, 0) is 146 Å². The molecule has 0 N–H and O–H groups in total. The Morgan fingerprint density at radius 3 is 1.14 bits per heavy atom. The van der Waals surface area contributed by atoms with Crippen LogP contribution in [0.4, 0.5) is 0 Å². The number of carbonyl (C=O) groups is 2. The van der Waals surface area contributed by atoms with Gasteiger partial charge in [0.1, 0.15) is 17.2 Å². The fraction of sp³-hybridized carbons (Fsp3) is 0.507. The second-order valence-corrected chi connectivity index (χ2v) is 23.4. The summed E-state index contributed by atoms with van der Waals surface area (Å²) in [5.74, 6) is 2.96. The molecular weight excluding hydrogens is 1020 g/mol. The molecule has 0 unspecified atom stereocenters. The molecule has 6 aromatic rings. The summed E-state index contributed by atoms with van der Waals surface area (Å²) in [5, 5.41) is 0. The Balaban J connectivity index is 1.08. The van der Waals surface area contributed by atoms with E-state index in [4.69, 9.17) is 28.4 Å². The van der Waals surface area contributed by atoms with E-state index in [0.717, 1.165) is 81.3 Å². The van der Waals surface area contributed by atoms with E-state index in [1.54, 1.807) is 46.9 Å². The zero-order valence-corrected chi connectivity index (χ0v) is 50.2. The molecule has 6 rings (SSSR count). The highest BCUT2D eigenvalue weighted by Gasteiger charge is 2.21. The second kappa shape index (κ2) is 36.6. The molecule has 4 aromatic carbocycles. The van der Waals surface area contributed by atoms with E-state index in [1.807, 2.05) is 60.7 Å². The molecular formula is C69H92O8S2. The van der Waals surface area contributed by atoms with E-state index in [0.29, 0.717) is 72.2 Å².